The summed E-state index contributed by atoms with van der Waals surface area (Å²) in [6.45, 7) is 1.10. The van der Waals surface area contributed by atoms with Gasteiger partial charge in [-0.3, -0.25) is 19.8 Å². The Morgan fingerprint density at radius 2 is 1.83 bits per heavy atom. The van der Waals surface area contributed by atoms with Crippen LogP contribution in [0.3, 0.4) is 0 Å². The van der Waals surface area contributed by atoms with Gasteiger partial charge in [-0.15, -0.1) is 0 Å². The Morgan fingerprint density at radius 3 is 2.22 bits per heavy atom. The number of carbonyl (C=O) groups is 2. The van der Waals surface area contributed by atoms with Crippen molar-refractivity contribution in [1.82, 2.24) is 4.90 Å². The minimum Gasteiger partial charge on any atom is -0.437 e. The molecule has 0 fully saturated rings. The van der Waals surface area contributed by atoms with E-state index in [4.69, 9.17) is 39.5 Å². The van der Waals surface area contributed by atoms with Gasteiger partial charge >= 0.3 is 12.0 Å². The Hall–Kier alpha value is -1.77. The van der Waals surface area contributed by atoms with E-state index in [1.54, 1.807) is 0 Å². The lowest BCUT2D eigenvalue weighted by Crippen LogP contribution is -2.49. The average Bonchev–Trinajstić information content (AvgIpc) is 2.43. The van der Waals surface area contributed by atoms with Crippen LogP contribution in [0.15, 0.2) is 24.3 Å². The van der Waals surface area contributed by atoms with E-state index in [1.165, 1.54) is 31.3 Å². The molecule has 1 N–H and O–H groups in total. The number of benzene rings is 1. The van der Waals surface area contributed by atoms with E-state index in [0.717, 1.165) is 11.8 Å². The van der Waals surface area contributed by atoms with Gasteiger partial charge in [0.25, 0.3) is 5.69 Å². The van der Waals surface area contributed by atoms with E-state index >= 15 is 0 Å². The first-order valence-corrected chi connectivity index (χ1v) is 7.18. The molecule has 0 aliphatic carbocycles. The molecule has 8 nitrogen and oxygen atoms in total. The van der Waals surface area contributed by atoms with Crippen molar-refractivity contribution in [3.05, 3.63) is 34.4 Å². The molecule has 0 radical (unpaired) electrons. The number of hydrogen-bond acceptors (Lipinski definition) is 5. The molecule has 0 saturated heterocycles. The first-order valence-electron chi connectivity index (χ1n) is 6.04. The van der Waals surface area contributed by atoms with Crippen molar-refractivity contribution in [2.24, 2.45) is 0 Å². The van der Waals surface area contributed by atoms with Crippen molar-refractivity contribution in [2.45, 2.75) is 16.9 Å². The summed E-state index contributed by atoms with van der Waals surface area (Å²) in [7, 11) is 1.26. The predicted molar refractivity (Wildman–Crippen MR) is 85.7 cm³/mol. The lowest BCUT2D eigenvalue weighted by atomic mass is 10.3. The number of alkyl halides is 3. The van der Waals surface area contributed by atoms with Gasteiger partial charge in [-0.1, -0.05) is 34.8 Å². The van der Waals surface area contributed by atoms with Gasteiger partial charge in [0, 0.05) is 31.8 Å². The predicted octanol–water partition coefficient (Wildman–Crippen LogP) is 3.32. The van der Waals surface area contributed by atoms with Gasteiger partial charge in [0.2, 0.25) is 10.0 Å². The summed E-state index contributed by atoms with van der Waals surface area (Å²) in [5, 5.41) is 13.0. The summed E-state index contributed by atoms with van der Waals surface area (Å²) in [5.74, 6) is -0.740. The monoisotopic (exact) mass is 383 g/mol. The van der Waals surface area contributed by atoms with Crippen LogP contribution in [0.2, 0.25) is 0 Å². The molecule has 1 aromatic carbocycles. The quantitative estimate of drug-likeness (QED) is 0.282. The van der Waals surface area contributed by atoms with Gasteiger partial charge in [0.15, 0.2) is 0 Å². The Kier molecular flexibility index (Phi) is 6.43. The molecule has 2 amide bonds. The summed E-state index contributed by atoms with van der Waals surface area (Å²) in [6.07, 6.45) is -1.46. The maximum atomic E-state index is 12.1. The van der Waals surface area contributed by atoms with Crippen LogP contribution in [0.1, 0.15) is 6.92 Å². The number of nitro groups is 1. The molecule has 11 heteroatoms. The number of ether oxygens (including phenoxy) is 1. The highest BCUT2D eigenvalue weighted by atomic mass is 35.6. The standard InChI is InChI=1S/C12H12Cl3N3O5/c1-7(19)23-10(12(13,14)15)17(2)11(20)16-8-3-5-9(6-4-8)18(21)22/h3-6,10H,1-2H3,(H,16,20). The zero-order valence-electron chi connectivity index (χ0n) is 12.0. The van der Waals surface area contributed by atoms with Crippen molar-refractivity contribution in [3.63, 3.8) is 0 Å². The molecule has 0 aromatic heterocycles. The van der Waals surface area contributed by atoms with E-state index in [-0.39, 0.29) is 11.4 Å². The number of nitrogens with one attached hydrogen (secondary N) is 1. The van der Waals surface area contributed by atoms with E-state index in [2.05, 4.69) is 5.32 Å². The maximum absolute atomic E-state index is 12.1. The lowest BCUT2D eigenvalue weighted by Gasteiger charge is -2.32. The van der Waals surface area contributed by atoms with Gasteiger partial charge < -0.3 is 10.1 Å². The number of nitrogens with zero attached hydrogens (tertiary/aromatic N) is 2. The van der Waals surface area contributed by atoms with Crippen LogP contribution in [0.4, 0.5) is 16.2 Å². The lowest BCUT2D eigenvalue weighted by molar-refractivity contribution is -0.384. The number of nitro benzene ring substituents is 1. The van der Waals surface area contributed by atoms with Gasteiger partial charge in [-0.25, -0.2) is 4.79 Å². The SMILES string of the molecule is CC(=O)OC(N(C)C(=O)Nc1ccc([N+](=O)[O-])cc1)C(Cl)(Cl)Cl. The Morgan fingerprint density at radius 1 is 1.30 bits per heavy atom. The number of amides is 2. The third-order valence-electron chi connectivity index (χ3n) is 2.56. The molecule has 1 rings (SSSR count). The van der Waals surface area contributed by atoms with E-state index in [9.17, 15) is 19.7 Å². The number of hydrogen-bond donors (Lipinski definition) is 1. The van der Waals surface area contributed by atoms with Crippen molar-refractivity contribution >= 4 is 58.2 Å². The summed E-state index contributed by atoms with van der Waals surface area (Å²) in [6, 6.07) is 4.36. The molecular weight excluding hydrogens is 373 g/mol. The van der Waals surface area contributed by atoms with Crippen molar-refractivity contribution < 1.29 is 19.2 Å². The number of halogens is 3. The average molecular weight is 385 g/mol. The third-order valence-corrected chi connectivity index (χ3v) is 3.12. The Balaban J connectivity index is 2.85. The van der Waals surface area contributed by atoms with Crippen molar-refractivity contribution in [1.29, 1.82) is 0 Å². The first-order chi connectivity index (χ1) is 10.5. The second kappa shape index (κ2) is 7.67. The van der Waals surface area contributed by atoms with E-state index in [1.807, 2.05) is 0 Å². The number of anilines is 1. The Bertz CT molecular complexity index is 603. The largest absolute Gasteiger partial charge is 0.437 e. The van der Waals surface area contributed by atoms with Crippen molar-refractivity contribution in [2.75, 3.05) is 12.4 Å². The molecule has 0 spiro atoms. The molecule has 1 aromatic rings. The topological polar surface area (TPSA) is 102 Å². The van der Waals surface area contributed by atoms with Crippen molar-refractivity contribution in [3.8, 4) is 0 Å². The molecule has 0 heterocycles. The molecule has 0 aliphatic rings. The summed E-state index contributed by atoms with van der Waals surface area (Å²) in [4.78, 5) is 34.1. The number of esters is 1. The van der Waals surface area contributed by atoms with Gasteiger partial charge in [-0.2, -0.15) is 0 Å². The fourth-order valence-electron chi connectivity index (χ4n) is 1.51. The van der Waals surface area contributed by atoms with Crippen LogP contribution in [0, 0.1) is 10.1 Å². The fourth-order valence-corrected chi connectivity index (χ4v) is 2.08. The second-order valence-corrected chi connectivity index (χ2v) is 6.72. The molecule has 126 valence electrons. The summed E-state index contributed by atoms with van der Waals surface area (Å²) >= 11 is 17.1. The van der Waals surface area contributed by atoms with Gasteiger partial charge in [-0.05, 0) is 12.1 Å². The molecule has 1 unspecified atom stereocenters. The zero-order valence-corrected chi connectivity index (χ0v) is 14.2. The van der Waals surface area contributed by atoms with E-state index in [0.29, 0.717) is 0 Å². The molecule has 0 saturated carbocycles. The molecular formula is C12H12Cl3N3O5. The highest BCUT2D eigenvalue weighted by Crippen LogP contribution is 2.34. The minimum atomic E-state index is -2.06. The summed E-state index contributed by atoms with van der Waals surface area (Å²) < 4.78 is 2.76. The van der Waals surface area contributed by atoms with Crippen LogP contribution < -0.4 is 5.32 Å². The fraction of sp³-hybridized carbons (Fsp3) is 0.333. The van der Waals surface area contributed by atoms with Crippen LogP contribution >= 0.6 is 34.8 Å². The van der Waals surface area contributed by atoms with Crippen LogP contribution in [0.25, 0.3) is 0 Å². The first kappa shape index (κ1) is 19.3. The Labute approximate surface area is 146 Å². The summed E-state index contributed by atoms with van der Waals surface area (Å²) in [5.41, 5.74) is 0.147. The molecule has 0 bridgehead atoms. The van der Waals surface area contributed by atoms with Crippen LogP contribution in [-0.4, -0.2) is 38.9 Å². The third kappa shape index (κ3) is 5.74. The maximum Gasteiger partial charge on any atom is 0.324 e. The number of rotatable bonds is 4. The zero-order chi connectivity index (χ0) is 17.8. The highest BCUT2D eigenvalue weighted by Gasteiger charge is 2.40. The minimum absolute atomic E-state index is 0.129. The highest BCUT2D eigenvalue weighted by molar-refractivity contribution is 6.68. The smallest absolute Gasteiger partial charge is 0.324 e. The molecule has 0 aliphatic heterocycles. The van der Waals surface area contributed by atoms with Crippen LogP contribution in [0.5, 0.6) is 0 Å². The van der Waals surface area contributed by atoms with E-state index < -0.39 is 26.9 Å². The number of carbonyl (C=O) groups excluding carboxylic acids is 2. The van der Waals surface area contributed by atoms with Gasteiger partial charge in [0.05, 0.1) is 4.92 Å². The number of non-ortho nitro benzene ring substituents is 1. The number of urea groups is 1. The molecule has 23 heavy (non-hydrogen) atoms. The molecule has 1 atom stereocenters. The van der Waals surface area contributed by atoms with Crippen LogP contribution in [-0.2, 0) is 9.53 Å². The second-order valence-electron chi connectivity index (χ2n) is 4.35. The van der Waals surface area contributed by atoms with Gasteiger partial charge in [0.1, 0.15) is 0 Å². The normalized spacial score (nSPS) is 12.2.